The Morgan fingerprint density at radius 2 is 2.10 bits per heavy atom. The van der Waals surface area contributed by atoms with Gasteiger partial charge in [0.15, 0.2) is 0 Å². The molecule has 4 rings (SSSR count). The number of likely N-dealkylation sites (tertiary alicyclic amines) is 2. The summed E-state index contributed by atoms with van der Waals surface area (Å²) >= 11 is 1.51. The van der Waals surface area contributed by atoms with Gasteiger partial charge in [-0.05, 0) is 29.9 Å². The third-order valence-electron chi connectivity index (χ3n) is 5.92. The molecule has 7 nitrogen and oxygen atoms in total. The Labute approximate surface area is 180 Å². The van der Waals surface area contributed by atoms with Crippen molar-refractivity contribution in [1.82, 2.24) is 15.1 Å². The lowest BCUT2D eigenvalue weighted by atomic mass is 9.95. The van der Waals surface area contributed by atoms with E-state index in [1.54, 1.807) is 11.9 Å². The van der Waals surface area contributed by atoms with Crippen molar-refractivity contribution in [2.75, 3.05) is 46.4 Å². The highest BCUT2D eigenvalue weighted by atomic mass is 32.1. The van der Waals surface area contributed by atoms with Crippen LogP contribution in [0.15, 0.2) is 24.3 Å². The van der Waals surface area contributed by atoms with Gasteiger partial charge in [-0.2, -0.15) is 0 Å². The van der Waals surface area contributed by atoms with Crippen molar-refractivity contribution in [3.8, 4) is 0 Å². The molecule has 0 spiro atoms. The van der Waals surface area contributed by atoms with Crippen LogP contribution in [0.25, 0.3) is 10.1 Å². The minimum Gasteiger partial charge on any atom is -0.370 e. The molecular formula is C22H27N3O4S. The van der Waals surface area contributed by atoms with Crippen LogP contribution >= 0.6 is 11.3 Å². The lowest BCUT2D eigenvalue weighted by Crippen LogP contribution is -2.34. The molecule has 2 aliphatic heterocycles. The summed E-state index contributed by atoms with van der Waals surface area (Å²) in [5.41, 5.74) is 1.05. The predicted molar refractivity (Wildman–Crippen MR) is 116 cm³/mol. The molecule has 0 radical (unpaired) electrons. The Balaban J connectivity index is 1.36. The van der Waals surface area contributed by atoms with Gasteiger partial charge in [-0.15, -0.1) is 11.3 Å². The molecular weight excluding hydrogens is 402 g/mol. The zero-order valence-corrected chi connectivity index (χ0v) is 18.0. The number of nitrogens with zero attached hydrogens (tertiary/aromatic N) is 2. The Morgan fingerprint density at radius 3 is 2.87 bits per heavy atom. The van der Waals surface area contributed by atoms with E-state index in [2.05, 4.69) is 11.4 Å². The smallest absolute Gasteiger partial charge is 0.261 e. The molecule has 1 N–H and O–H groups in total. The van der Waals surface area contributed by atoms with Crippen LogP contribution in [0, 0.1) is 0 Å². The maximum atomic E-state index is 12.6. The molecule has 0 saturated carbocycles. The summed E-state index contributed by atoms with van der Waals surface area (Å²) in [6.07, 6.45) is 2.35. The van der Waals surface area contributed by atoms with E-state index >= 15 is 0 Å². The second-order valence-electron chi connectivity index (χ2n) is 7.78. The maximum absolute atomic E-state index is 12.6. The molecule has 3 amide bonds. The average molecular weight is 430 g/mol. The van der Waals surface area contributed by atoms with Crippen molar-refractivity contribution in [2.45, 2.75) is 25.2 Å². The van der Waals surface area contributed by atoms with Crippen molar-refractivity contribution in [3.05, 3.63) is 34.7 Å². The first-order valence-corrected chi connectivity index (χ1v) is 11.3. The van der Waals surface area contributed by atoms with Crippen LogP contribution in [-0.2, 0) is 14.3 Å². The van der Waals surface area contributed by atoms with Crippen molar-refractivity contribution in [2.24, 2.45) is 0 Å². The molecule has 2 aliphatic rings. The number of carbonyl (C=O) groups is 3. The van der Waals surface area contributed by atoms with E-state index in [-0.39, 0.29) is 30.2 Å². The van der Waals surface area contributed by atoms with E-state index in [4.69, 9.17) is 4.74 Å². The summed E-state index contributed by atoms with van der Waals surface area (Å²) in [5, 5.41) is 3.85. The van der Waals surface area contributed by atoms with Gasteiger partial charge in [0, 0.05) is 50.3 Å². The number of ether oxygens (including phenoxy) is 1. The Morgan fingerprint density at radius 1 is 1.27 bits per heavy atom. The highest BCUT2D eigenvalue weighted by molar-refractivity contribution is 7.21. The number of rotatable bonds is 7. The highest BCUT2D eigenvalue weighted by Crippen LogP contribution is 2.40. The van der Waals surface area contributed by atoms with Gasteiger partial charge in [0.2, 0.25) is 11.8 Å². The Kier molecular flexibility index (Phi) is 6.34. The maximum Gasteiger partial charge on any atom is 0.261 e. The van der Waals surface area contributed by atoms with Crippen LogP contribution in [0.5, 0.6) is 0 Å². The molecule has 1 aromatic carbocycles. The summed E-state index contributed by atoms with van der Waals surface area (Å²) in [6, 6.07) is 8.06. The topological polar surface area (TPSA) is 79.0 Å². The highest BCUT2D eigenvalue weighted by Gasteiger charge is 2.32. The minimum absolute atomic E-state index is 0.0292. The van der Waals surface area contributed by atoms with E-state index in [1.165, 1.54) is 11.3 Å². The fraction of sp³-hybridized carbons (Fsp3) is 0.500. The quantitative estimate of drug-likeness (QED) is 0.685. The zero-order chi connectivity index (χ0) is 21.1. The monoisotopic (exact) mass is 429 g/mol. The van der Waals surface area contributed by atoms with Crippen molar-refractivity contribution >= 4 is 39.1 Å². The molecule has 8 heteroatoms. The van der Waals surface area contributed by atoms with Gasteiger partial charge in [0.25, 0.3) is 5.91 Å². The van der Waals surface area contributed by atoms with Crippen molar-refractivity contribution < 1.29 is 19.1 Å². The summed E-state index contributed by atoms with van der Waals surface area (Å²) in [7, 11) is 1.65. The third kappa shape index (κ3) is 4.20. The van der Waals surface area contributed by atoms with Crippen LogP contribution < -0.4 is 5.32 Å². The summed E-state index contributed by atoms with van der Waals surface area (Å²) in [5.74, 6) is 0.198. The van der Waals surface area contributed by atoms with E-state index in [9.17, 15) is 14.4 Å². The summed E-state index contributed by atoms with van der Waals surface area (Å²) in [6.45, 7) is 3.00. The molecule has 2 saturated heterocycles. The number of nitrogens with one attached hydrogen (secondary N) is 1. The van der Waals surface area contributed by atoms with Crippen molar-refractivity contribution in [3.63, 3.8) is 0 Å². The number of hydrogen-bond donors (Lipinski definition) is 1. The minimum atomic E-state index is -0.0734. The molecule has 30 heavy (non-hydrogen) atoms. The number of hydrogen-bond acceptors (Lipinski definition) is 5. The number of fused-ring (bicyclic) bond motifs is 1. The van der Waals surface area contributed by atoms with Gasteiger partial charge in [-0.25, -0.2) is 0 Å². The van der Waals surface area contributed by atoms with Crippen LogP contribution in [-0.4, -0.2) is 74.0 Å². The molecule has 160 valence electrons. The molecule has 1 unspecified atom stereocenters. The predicted octanol–water partition coefficient (Wildman–Crippen LogP) is 2.22. The molecule has 0 bridgehead atoms. The molecule has 0 aliphatic carbocycles. The molecule has 1 atom stereocenters. The molecule has 2 aromatic rings. The first-order chi connectivity index (χ1) is 14.6. The largest absolute Gasteiger partial charge is 0.370 e. The van der Waals surface area contributed by atoms with Gasteiger partial charge in [0.05, 0.1) is 11.5 Å². The van der Waals surface area contributed by atoms with Gasteiger partial charge in [-0.1, -0.05) is 18.2 Å². The first kappa shape index (κ1) is 20.8. The molecule has 1 aromatic heterocycles. The van der Waals surface area contributed by atoms with Crippen LogP contribution in [0.2, 0.25) is 0 Å². The summed E-state index contributed by atoms with van der Waals surface area (Å²) in [4.78, 5) is 41.0. The lowest BCUT2D eigenvalue weighted by molar-refractivity contribution is -0.135. The Bertz CT molecular complexity index is 957. The fourth-order valence-electron chi connectivity index (χ4n) is 4.34. The first-order valence-electron chi connectivity index (χ1n) is 10.4. The van der Waals surface area contributed by atoms with E-state index in [0.29, 0.717) is 32.7 Å². The van der Waals surface area contributed by atoms with Gasteiger partial charge in [0.1, 0.15) is 6.61 Å². The third-order valence-corrected chi connectivity index (χ3v) is 7.10. The zero-order valence-electron chi connectivity index (χ0n) is 17.2. The number of carbonyl (C=O) groups excluding carboxylic acids is 3. The second-order valence-corrected chi connectivity index (χ2v) is 8.83. The van der Waals surface area contributed by atoms with Crippen molar-refractivity contribution in [1.29, 1.82) is 0 Å². The molecule has 2 fully saturated rings. The standard InChI is InChI=1S/C22H27N3O4S/c1-23-22(28)21-20(16-5-2-3-6-17(16)30-21)15-8-10-25(13-15)19(27)14-29-12-11-24-9-4-7-18(24)26/h2-3,5-6,15H,4,7-14H2,1H3,(H,23,28). The van der Waals surface area contributed by atoms with Gasteiger partial charge in [-0.3, -0.25) is 14.4 Å². The normalized spacial score (nSPS) is 19.1. The van der Waals surface area contributed by atoms with E-state index in [1.807, 2.05) is 23.1 Å². The van der Waals surface area contributed by atoms with Gasteiger partial charge < -0.3 is 19.9 Å². The summed E-state index contributed by atoms with van der Waals surface area (Å²) < 4.78 is 6.64. The average Bonchev–Trinajstić information content (AvgIpc) is 3.48. The molecule has 3 heterocycles. The number of benzene rings is 1. The number of amides is 3. The van der Waals surface area contributed by atoms with Gasteiger partial charge >= 0.3 is 0 Å². The van der Waals surface area contributed by atoms with E-state index in [0.717, 1.165) is 39.9 Å². The lowest BCUT2D eigenvalue weighted by Gasteiger charge is -2.18. The second kappa shape index (κ2) is 9.14. The van der Waals surface area contributed by atoms with Crippen LogP contribution in [0.4, 0.5) is 0 Å². The Hall–Kier alpha value is -2.45. The van der Waals surface area contributed by atoms with Crippen LogP contribution in [0.1, 0.15) is 40.4 Å². The van der Waals surface area contributed by atoms with Crippen LogP contribution in [0.3, 0.4) is 0 Å². The SMILES string of the molecule is CNC(=O)c1sc2ccccc2c1C1CCN(C(=O)COCCN2CCCC2=O)C1. The fourth-order valence-corrected chi connectivity index (χ4v) is 5.58. The van der Waals surface area contributed by atoms with E-state index < -0.39 is 0 Å². The number of thiophene rings is 1.